The summed E-state index contributed by atoms with van der Waals surface area (Å²) >= 11 is 0. The van der Waals surface area contributed by atoms with Gasteiger partial charge in [0.25, 0.3) is 0 Å². The molecular formula is C12H24N2O2. The second-order valence-electron chi connectivity index (χ2n) is 5.03. The molecule has 1 saturated heterocycles. The van der Waals surface area contributed by atoms with Gasteiger partial charge in [-0.15, -0.1) is 0 Å². The first-order chi connectivity index (χ1) is 7.54. The number of hydrogen-bond donors (Lipinski definition) is 2. The lowest BCUT2D eigenvalue weighted by molar-refractivity contribution is -0.141. The first-order valence-electron chi connectivity index (χ1n) is 6.13. The van der Waals surface area contributed by atoms with E-state index in [2.05, 4.69) is 17.3 Å². The Kier molecular flexibility index (Phi) is 5.22. The summed E-state index contributed by atoms with van der Waals surface area (Å²) in [6.45, 7) is 4.04. The first kappa shape index (κ1) is 13.5. The second-order valence-corrected chi connectivity index (χ2v) is 5.03. The Morgan fingerprint density at radius 2 is 2.31 bits per heavy atom. The maximum atomic E-state index is 10.9. The fourth-order valence-electron chi connectivity index (χ4n) is 2.56. The Morgan fingerprint density at radius 1 is 1.62 bits per heavy atom. The highest BCUT2D eigenvalue weighted by Gasteiger charge is 2.27. The predicted octanol–water partition coefficient (Wildman–Crippen LogP) is 1.03. The van der Waals surface area contributed by atoms with E-state index in [1.54, 1.807) is 6.92 Å². The van der Waals surface area contributed by atoms with Gasteiger partial charge in [0.1, 0.15) is 0 Å². The Labute approximate surface area is 98.0 Å². The summed E-state index contributed by atoms with van der Waals surface area (Å²) in [4.78, 5) is 13.2. The van der Waals surface area contributed by atoms with Crippen LogP contribution in [-0.2, 0) is 4.79 Å². The smallest absolute Gasteiger partial charge is 0.306 e. The third kappa shape index (κ3) is 3.76. The van der Waals surface area contributed by atoms with Gasteiger partial charge in [0.05, 0.1) is 5.92 Å². The minimum atomic E-state index is -0.690. The third-order valence-corrected chi connectivity index (χ3v) is 3.63. The van der Waals surface area contributed by atoms with Crippen molar-refractivity contribution in [3.8, 4) is 0 Å². The normalized spacial score (nSPS) is 26.3. The lowest BCUT2D eigenvalue weighted by Crippen LogP contribution is -2.44. The van der Waals surface area contributed by atoms with E-state index < -0.39 is 5.97 Å². The van der Waals surface area contributed by atoms with Crippen LogP contribution in [0, 0.1) is 11.8 Å². The van der Waals surface area contributed by atoms with E-state index in [-0.39, 0.29) is 5.92 Å². The van der Waals surface area contributed by atoms with Crippen LogP contribution in [0.1, 0.15) is 26.2 Å². The van der Waals surface area contributed by atoms with Crippen LogP contribution in [0.15, 0.2) is 0 Å². The monoisotopic (exact) mass is 228 g/mol. The number of nitrogens with one attached hydrogen (secondary N) is 1. The fourth-order valence-corrected chi connectivity index (χ4v) is 2.56. The van der Waals surface area contributed by atoms with Crippen LogP contribution in [0.25, 0.3) is 0 Å². The van der Waals surface area contributed by atoms with E-state index in [1.165, 1.54) is 19.4 Å². The SMILES string of the molecule is CNC(CC(C)C(=O)O)C1CCCN(C)C1. The molecule has 0 aliphatic carbocycles. The molecule has 94 valence electrons. The number of carbonyl (C=O) groups is 1. The first-order valence-corrected chi connectivity index (χ1v) is 6.13. The molecule has 2 N–H and O–H groups in total. The van der Waals surface area contributed by atoms with Gasteiger partial charge in [-0.3, -0.25) is 4.79 Å². The number of nitrogens with zero attached hydrogens (tertiary/aromatic N) is 1. The number of aliphatic carboxylic acids is 1. The van der Waals surface area contributed by atoms with Gasteiger partial charge in [-0.1, -0.05) is 6.92 Å². The average Bonchev–Trinajstić information content (AvgIpc) is 2.25. The molecule has 1 rings (SSSR count). The number of carboxylic acids is 1. The molecule has 0 saturated carbocycles. The van der Waals surface area contributed by atoms with Crippen LogP contribution in [0.4, 0.5) is 0 Å². The Hall–Kier alpha value is -0.610. The molecular weight excluding hydrogens is 204 g/mol. The van der Waals surface area contributed by atoms with Gasteiger partial charge in [0.2, 0.25) is 0 Å². The van der Waals surface area contributed by atoms with Gasteiger partial charge in [-0.05, 0) is 45.8 Å². The van der Waals surface area contributed by atoms with Gasteiger partial charge in [0, 0.05) is 12.6 Å². The van der Waals surface area contributed by atoms with Crippen molar-refractivity contribution in [1.29, 1.82) is 0 Å². The van der Waals surface area contributed by atoms with Crippen LogP contribution in [0.3, 0.4) is 0 Å². The molecule has 4 nitrogen and oxygen atoms in total. The summed E-state index contributed by atoms with van der Waals surface area (Å²) in [5.74, 6) is -0.361. The van der Waals surface area contributed by atoms with Crippen molar-refractivity contribution in [2.45, 2.75) is 32.2 Å². The molecule has 0 aromatic heterocycles. The van der Waals surface area contributed by atoms with Crippen molar-refractivity contribution < 1.29 is 9.90 Å². The van der Waals surface area contributed by atoms with Gasteiger partial charge >= 0.3 is 5.97 Å². The van der Waals surface area contributed by atoms with Crippen molar-refractivity contribution in [1.82, 2.24) is 10.2 Å². The summed E-state index contributed by atoms with van der Waals surface area (Å²) in [7, 11) is 4.08. The second kappa shape index (κ2) is 6.21. The minimum absolute atomic E-state index is 0.260. The van der Waals surface area contributed by atoms with E-state index >= 15 is 0 Å². The molecule has 0 radical (unpaired) electrons. The molecule has 3 atom stereocenters. The van der Waals surface area contributed by atoms with Crippen LogP contribution in [0.5, 0.6) is 0 Å². The maximum Gasteiger partial charge on any atom is 0.306 e. The summed E-state index contributed by atoms with van der Waals surface area (Å²) in [6.07, 6.45) is 3.16. The van der Waals surface area contributed by atoms with Gasteiger partial charge in [-0.2, -0.15) is 0 Å². The van der Waals surface area contributed by atoms with Crippen LogP contribution in [-0.4, -0.2) is 49.2 Å². The molecule has 0 amide bonds. The van der Waals surface area contributed by atoms with E-state index in [1.807, 2.05) is 7.05 Å². The van der Waals surface area contributed by atoms with Crippen molar-refractivity contribution in [2.75, 3.05) is 27.2 Å². The van der Waals surface area contributed by atoms with E-state index in [4.69, 9.17) is 5.11 Å². The quantitative estimate of drug-likeness (QED) is 0.738. The predicted molar refractivity (Wildman–Crippen MR) is 64.5 cm³/mol. The number of carboxylic acid groups (broad SMARTS) is 1. The Balaban J connectivity index is 2.49. The number of piperidine rings is 1. The highest BCUT2D eigenvalue weighted by molar-refractivity contribution is 5.69. The zero-order chi connectivity index (χ0) is 12.1. The van der Waals surface area contributed by atoms with E-state index in [0.29, 0.717) is 12.0 Å². The average molecular weight is 228 g/mol. The van der Waals surface area contributed by atoms with Gasteiger partial charge in [0.15, 0.2) is 0 Å². The molecule has 16 heavy (non-hydrogen) atoms. The fraction of sp³-hybridized carbons (Fsp3) is 0.917. The highest BCUT2D eigenvalue weighted by atomic mass is 16.4. The molecule has 0 aromatic carbocycles. The van der Waals surface area contributed by atoms with E-state index in [0.717, 1.165) is 13.0 Å². The Bertz CT molecular complexity index is 233. The Morgan fingerprint density at radius 3 is 2.81 bits per heavy atom. The zero-order valence-corrected chi connectivity index (χ0v) is 10.6. The standard InChI is InChI=1S/C12H24N2O2/c1-9(12(15)16)7-11(13-2)10-5-4-6-14(3)8-10/h9-11,13H,4-8H2,1-3H3,(H,15,16). The number of likely N-dealkylation sites (tertiary alicyclic amines) is 1. The maximum absolute atomic E-state index is 10.9. The molecule has 1 fully saturated rings. The van der Waals surface area contributed by atoms with Crippen molar-refractivity contribution in [3.63, 3.8) is 0 Å². The van der Waals surface area contributed by atoms with Crippen LogP contribution >= 0.6 is 0 Å². The molecule has 1 heterocycles. The van der Waals surface area contributed by atoms with Crippen molar-refractivity contribution in [2.24, 2.45) is 11.8 Å². The minimum Gasteiger partial charge on any atom is -0.481 e. The largest absolute Gasteiger partial charge is 0.481 e. The molecule has 0 aromatic rings. The van der Waals surface area contributed by atoms with Crippen LogP contribution < -0.4 is 5.32 Å². The third-order valence-electron chi connectivity index (χ3n) is 3.63. The van der Waals surface area contributed by atoms with Crippen molar-refractivity contribution in [3.05, 3.63) is 0 Å². The van der Waals surface area contributed by atoms with E-state index in [9.17, 15) is 4.79 Å². The van der Waals surface area contributed by atoms with Crippen molar-refractivity contribution >= 4 is 5.97 Å². The van der Waals surface area contributed by atoms with Gasteiger partial charge < -0.3 is 15.3 Å². The summed E-state index contributed by atoms with van der Waals surface area (Å²) in [5.41, 5.74) is 0. The molecule has 4 heteroatoms. The molecule has 0 bridgehead atoms. The highest BCUT2D eigenvalue weighted by Crippen LogP contribution is 2.22. The summed E-state index contributed by atoms with van der Waals surface area (Å²) < 4.78 is 0. The summed E-state index contributed by atoms with van der Waals surface area (Å²) in [6, 6.07) is 0.328. The number of hydrogen-bond acceptors (Lipinski definition) is 3. The topological polar surface area (TPSA) is 52.6 Å². The molecule has 1 aliphatic rings. The lowest BCUT2D eigenvalue weighted by atomic mass is 9.86. The lowest BCUT2D eigenvalue weighted by Gasteiger charge is -2.35. The van der Waals surface area contributed by atoms with Gasteiger partial charge in [-0.25, -0.2) is 0 Å². The van der Waals surface area contributed by atoms with Crippen LogP contribution in [0.2, 0.25) is 0 Å². The molecule has 0 spiro atoms. The molecule has 3 unspecified atom stereocenters. The molecule has 1 aliphatic heterocycles. The summed E-state index contributed by atoms with van der Waals surface area (Å²) in [5, 5.41) is 12.2. The zero-order valence-electron chi connectivity index (χ0n) is 10.6. The number of rotatable bonds is 5.